The molecule has 3 nitrogen and oxygen atoms in total. The molecule has 0 aromatic carbocycles. The molecule has 0 saturated heterocycles. The largest absolute Gasteiger partial charge is 0.354 e. The van der Waals surface area contributed by atoms with Crippen LogP contribution in [0.15, 0.2) is 0 Å². The Morgan fingerprint density at radius 3 is 2.17 bits per heavy atom. The van der Waals surface area contributed by atoms with E-state index in [9.17, 15) is 4.79 Å². The molecule has 4 fully saturated rings. The Morgan fingerprint density at radius 1 is 1.13 bits per heavy atom. The number of nitrogens with one attached hydrogen (secondary N) is 1. The number of halogens is 1. The maximum Gasteiger partial charge on any atom is 0.226 e. The molecule has 4 aliphatic carbocycles. The zero-order valence-corrected chi connectivity index (χ0v) is 16.8. The van der Waals surface area contributed by atoms with Gasteiger partial charge in [-0.3, -0.25) is 9.69 Å². The molecule has 2 atom stereocenters. The summed E-state index contributed by atoms with van der Waals surface area (Å²) in [6.07, 6.45) is 7.23. The number of hydrogen-bond acceptors (Lipinski definition) is 2. The molecule has 0 aromatic rings. The van der Waals surface area contributed by atoms with Gasteiger partial charge in [0, 0.05) is 29.5 Å². The molecule has 0 radical (unpaired) electrons. The van der Waals surface area contributed by atoms with Crippen LogP contribution < -0.4 is 5.32 Å². The number of carbonyl (C=O) groups is 1. The number of carbonyl (C=O) groups excluding carboxylic acids is 1. The molecule has 4 bridgehead atoms. The standard InChI is InChI=1S/C19H33BrN2O/c1-13(2)22(14(3)4)6-5-21-17(23)18-8-15-7-16(9-18)11-19(20,10-15)12-18/h13-16H,5-12H2,1-4H3,(H,21,23). The van der Waals surface area contributed by atoms with E-state index in [0.717, 1.165) is 44.2 Å². The quantitative estimate of drug-likeness (QED) is 0.702. The van der Waals surface area contributed by atoms with Crippen LogP contribution in [-0.2, 0) is 4.79 Å². The zero-order valence-electron chi connectivity index (χ0n) is 15.2. The zero-order chi connectivity index (χ0) is 16.8. The summed E-state index contributed by atoms with van der Waals surface area (Å²) in [6.45, 7) is 10.7. The first-order valence-electron chi connectivity index (χ1n) is 9.46. The summed E-state index contributed by atoms with van der Waals surface area (Å²) in [4.78, 5) is 15.5. The van der Waals surface area contributed by atoms with Crippen LogP contribution in [0.25, 0.3) is 0 Å². The van der Waals surface area contributed by atoms with Gasteiger partial charge >= 0.3 is 0 Å². The molecule has 132 valence electrons. The Morgan fingerprint density at radius 2 is 1.70 bits per heavy atom. The van der Waals surface area contributed by atoms with E-state index in [-0.39, 0.29) is 9.74 Å². The van der Waals surface area contributed by atoms with Crippen molar-refractivity contribution < 1.29 is 4.79 Å². The van der Waals surface area contributed by atoms with Gasteiger partial charge in [0.05, 0.1) is 5.41 Å². The maximum atomic E-state index is 13.0. The average Bonchev–Trinajstić information content (AvgIpc) is 2.39. The topological polar surface area (TPSA) is 32.3 Å². The minimum atomic E-state index is -0.0753. The highest BCUT2D eigenvalue weighted by Gasteiger charge is 2.59. The summed E-state index contributed by atoms with van der Waals surface area (Å²) in [6, 6.07) is 1.05. The molecule has 0 heterocycles. The van der Waals surface area contributed by atoms with Gasteiger partial charge in [-0.05, 0) is 78.1 Å². The lowest BCUT2D eigenvalue weighted by Crippen LogP contribution is -2.58. The Bertz CT molecular complexity index is 440. The molecule has 4 rings (SSSR count). The fourth-order valence-corrected chi connectivity index (χ4v) is 7.47. The van der Waals surface area contributed by atoms with Crippen molar-refractivity contribution in [1.29, 1.82) is 0 Å². The van der Waals surface area contributed by atoms with E-state index in [1.165, 1.54) is 19.3 Å². The third kappa shape index (κ3) is 3.49. The third-order valence-electron chi connectivity index (χ3n) is 6.45. The Hall–Kier alpha value is -0.0900. The summed E-state index contributed by atoms with van der Waals surface area (Å²) < 4.78 is 0.260. The van der Waals surface area contributed by atoms with Crippen LogP contribution in [0.1, 0.15) is 66.2 Å². The van der Waals surface area contributed by atoms with E-state index < -0.39 is 0 Å². The van der Waals surface area contributed by atoms with Gasteiger partial charge in [0.1, 0.15) is 0 Å². The number of rotatable bonds is 6. The maximum absolute atomic E-state index is 13.0. The summed E-state index contributed by atoms with van der Waals surface area (Å²) in [5.74, 6) is 1.87. The van der Waals surface area contributed by atoms with Gasteiger partial charge in [-0.2, -0.15) is 0 Å². The number of hydrogen-bond donors (Lipinski definition) is 1. The van der Waals surface area contributed by atoms with E-state index in [4.69, 9.17) is 0 Å². The molecule has 23 heavy (non-hydrogen) atoms. The van der Waals surface area contributed by atoms with Crippen molar-refractivity contribution in [3.63, 3.8) is 0 Å². The lowest BCUT2D eigenvalue weighted by molar-refractivity contribution is -0.144. The van der Waals surface area contributed by atoms with Gasteiger partial charge in [0.25, 0.3) is 0 Å². The van der Waals surface area contributed by atoms with Crippen LogP contribution in [0.3, 0.4) is 0 Å². The van der Waals surface area contributed by atoms with Crippen molar-refractivity contribution >= 4 is 21.8 Å². The monoisotopic (exact) mass is 384 g/mol. The first-order chi connectivity index (χ1) is 10.7. The first kappa shape index (κ1) is 17.7. The number of nitrogens with zero attached hydrogens (tertiary/aromatic N) is 1. The molecular formula is C19H33BrN2O. The molecule has 0 aliphatic heterocycles. The van der Waals surface area contributed by atoms with E-state index >= 15 is 0 Å². The van der Waals surface area contributed by atoms with E-state index in [2.05, 4.69) is 53.8 Å². The van der Waals surface area contributed by atoms with Crippen molar-refractivity contribution in [2.24, 2.45) is 17.3 Å². The minimum absolute atomic E-state index is 0.0753. The molecule has 0 spiro atoms. The highest BCUT2D eigenvalue weighted by Crippen LogP contribution is 2.64. The fraction of sp³-hybridized carbons (Fsp3) is 0.947. The number of amides is 1. The second kappa shape index (κ2) is 6.33. The molecule has 4 saturated carbocycles. The highest BCUT2D eigenvalue weighted by molar-refractivity contribution is 9.10. The lowest BCUT2D eigenvalue weighted by atomic mass is 9.49. The minimum Gasteiger partial charge on any atom is -0.354 e. The molecule has 0 aromatic heterocycles. The van der Waals surface area contributed by atoms with Crippen molar-refractivity contribution in [1.82, 2.24) is 10.2 Å². The predicted molar refractivity (Wildman–Crippen MR) is 98.8 cm³/mol. The Labute approximate surface area is 150 Å². The third-order valence-corrected chi connectivity index (χ3v) is 7.38. The van der Waals surface area contributed by atoms with Gasteiger partial charge < -0.3 is 5.32 Å². The van der Waals surface area contributed by atoms with Crippen molar-refractivity contribution in [2.75, 3.05) is 13.1 Å². The van der Waals surface area contributed by atoms with Crippen molar-refractivity contribution in [3.05, 3.63) is 0 Å². The molecule has 1 amide bonds. The summed E-state index contributed by atoms with van der Waals surface area (Å²) >= 11 is 4.00. The lowest BCUT2D eigenvalue weighted by Gasteiger charge is -2.59. The van der Waals surface area contributed by atoms with Gasteiger partial charge in [-0.1, -0.05) is 15.9 Å². The van der Waals surface area contributed by atoms with Gasteiger partial charge in [0.15, 0.2) is 0 Å². The predicted octanol–water partition coefficient (Wildman–Crippen LogP) is 3.96. The summed E-state index contributed by atoms with van der Waals surface area (Å²) in [5.41, 5.74) is -0.0753. The Kier molecular flexibility index (Phi) is 4.88. The molecular weight excluding hydrogens is 352 g/mol. The molecule has 4 aliphatic rings. The van der Waals surface area contributed by atoms with Gasteiger partial charge in [-0.15, -0.1) is 0 Å². The average molecular weight is 385 g/mol. The second-order valence-corrected chi connectivity index (χ2v) is 10.8. The SMILES string of the molecule is CC(C)N(CCNC(=O)C12CC3CC(CC(Br)(C3)C1)C2)C(C)C. The highest BCUT2D eigenvalue weighted by atomic mass is 79.9. The smallest absolute Gasteiger partial charge is 0.226 e. The first-order valence-corrected chi connectivity index (χ1v) is 10.3. The van der Waals surface area contributed by atoms with Crippen LogP contribution >= 0.6 is 15.9 Å². The molecule has 2 unspecified atom stereocenters. The van der Waals surface area contributed by atoms with E-state index in [1.54, 1.807) is 0 Å². The summed E-state index contributed by atoms with van der Waals surface area (Å²) in [5, 5.41) is 3.30. The van der Waals surface area contributed by atoms with Crippen LogP contribution in [-0.4, -0.2) is 40.3 Å². The van der Waals surface area contributed by atoms with Gasteiger partial charge in [0.2, 0.25) is 5.91 Å². The normalized spacial score (nSPS) is 38.8. The van der Waals surface area contributed by atoms with Crippen molar-refractivity contribution in [3.8, 4) is 0 Å². The van der Waals surface area contributed by atoms with Crippen LogP contribution in [0.2, 0.25) is 0 Å². The number of alkyl halides is 1. The van der Waals surface area contributed by atoms with Crippen LogP contribution in [0, 0.1) is 17.3 Å². The van der Waals surface area contributed by atoms with E-state index in [0.29, 0.717) is 18.0 Å². The summed E-state index contributed by atoms with van der Waals surface area (Å²) in [7, 11) is 0. The van der Waals surface area contributed by atoms with Crippen LogP contribution in [0.5, 0.6) is 0 Å². The van der Waals surface area contributed by atoms with Crippen molar-refractivity contribution in [2.45, 2.75) is 82.6 Å². The van der Waals surface area contributed by atoms with Crippen LogP contribution in [0.4, 0.5) is 0 Å². The van der Waals surface area contributed by atoms with Gasteiger partial charge in [-0.25, -0.2) is 0 Å². The second-order valence-electron chi connectivity index (χ2n) is 9.07. The molecule has 4 heteroatoms. The fourth-order valence-electron chi connectivity index (χ4n) is 6.02. The van der Waals surface area contributed by atoms with E-state index in [1.807, 2.05) is 0 Å². The molecule has 1 N–H and O–H groups in total. The Balaban J connectivity index is 1.58.